The molecule has 0 spiro atoms. The monoisotopic (exact) mass is 529 g/mol. The van der Waals surface area contributed by atoms with Crippen LogP contribution in [0, 0.1) is 0 Å². The highest BCUT2D eigenvalue weighted by Crippen LogP contribution is 2.33. The van der Waals surface area contributed by atoms with Crippen molar-refractivity contribution in [1.82, 2.24) is 10.3 Å². The summed E-state index contributed by atoms with van der Waals surface area (Å²) in [6.45, 7) is 0.332. The number of aromatic nitrogens is 1. The molecule has 0 aliphatic rings. The number of hydrogen-bond donors (Lipinski definition) is 2. The molecular weight excluding hydrogens is 509 g/mol. The van der Waals surface area contributed by atoms with Crippen LogP contribution in [0.5, 0.6) is 5.75 Å². The van der Waals surface area contributed by atoms with E-state index in [2.05, 4.69) is 10.3 Å². The largest absolute Gasteiger partial charge is 0.497 e. The van der Waals surface area contributed by atoms with E-state index in [0.717, 1.165) is 5.56 Å². The Kier molecular flexibility index (Phi) is 7.28. The molecule has 1 amide bonds. The highest BCUT2D eigenvalue weighted by atomic mass is 35.5. The number of nitrogens with zero attached hydrogens (tertiary/aromatic N) is 1. The van der Waals surface area contributed by atoms with Crippen molar-refractivity contribution in [3.05, 3.63) is 87.9 Å². The lowest BCUT2D eigenvalue weighted by Crippen LogP contribution is -2.26. The van der Waals surface area contributed by atoms with Crippen molar-refractivity contribution in [2.45, 2.75) is 11.3 Å². The van der Waals surface area contributed by atoms with E-state index >= 15 is 0 Å². The topological polar surface area (TPSA) is 111 Å². The minimum atomic E-state index is -3.75. The number of primary sulfonamides is 1. The number of fused-ring (bicyclic) bond motifs is 1. The molecule has 35 heavy (non-hydrogen) atoms. The van der Waals surface area contributed by atoms with Crippen LogP contribution in [0.4, 0.5) is 0 Å². The predicted octanol–water partition coefficient (Wildman–Crippen LogP) is 4.84. The number of sulfonamides is 1. The maximum Gasteiger partial charge on any atom is 0.252 e. The first-order valence-corrected chi connectivity index (χ1v) is 12.8. The molecule has 0 aliphatic heterocycles. The molecule has 0 fully saturated rings. The summed E-state index contributed by atoms with van der Waals surface area (Å²) in [6.07, 6.45) is 0.499. The van der Waals surface area contributed by atoms with Crippen LogP contribution in [0.15, 0.2) is 71.6 Å². The number of halogens is 2. The number of carbonyl (C=O) groups excluding carboxylic acids is 1. The van der Waals surface area contributed by atoms with Crippen LogP contribution in [0.3, 0.4) is 0 Å². The standard InChI is InChI=1S/C25H21Cl2N3O4S/c1-34-17-5-9-23-20(13-17)21(14-24(30-23)19-8-4-16(26)12-22(19)27)25(31)29-11-10-15-2-6-18(7-3-15)35(28,32)33/h2-9,12-14H,10-11H2,1H3,(H,29,31)(H2,28,32,33). The van der Waals surface area contributed by atoms with Crippen molar-refractivity contribution in [3.8, 4) is 17.0 Å². The van der Waals surface area contributed by atoms with Crippen molar-refractivity contribution < 1.29 is 17.9 Å². The summed E-state index contributed by atoms with van der Waals surface area (Å²) >= 11 is 12.4. The molecule has 0 saturated heterocycles. The van der Waals surface area contributed by atoms with Crippen LogP contribution < -0.4 is 15.2 Å². The van der Waals surface area contributed by atoms with Gasteiger partial charge in [-0.2, -0.15) is 0 Å². The van der Waals surface area contributed by atoms with Crippen LogP contribution in [-0.2, 0) is 16.4 Å². The zero-order valence-corrected chi connectivity index (χ0v) is 20.9. The van der Waals surface area contributed by atoms with Crippen molar-refractivity contribution in [2.75, 3.05) is 13.7 Å². The number of carbonyl (C=O) groups is 1. The summed E-state index contributed by atoms with van der Waals surface area (Å²) in [7, 11) is -2.20. The number of ether oxygens (including phenoxy) is 1. The first-order chi connectivity index (χ1) is 16.7. The zero-order chi connectivity index (χ0) is 25.2. The Hall–Kier alpha value is -3.17. The van der Waals surface area contributed by atoms with Crippen LogP contribution in [0.2, 0.25) is 10.0 Å². The van der Waals surface area contributed by atoms with Gasteiger partial charge in [-0.25, -0.2) is 18.5 Å². The zero-order valence-electron chi connectivity index (χ0n) is 18.6. The third-order valence-electron chi connectivity index (χ3n) is 5.42. The smallest absolute Gasteiger partial charge is 0.252 e. The molecule has 180 valence electrons. The van der Waals surface area contributed by atoms with Crippen LogP contribution in [0.25, 0.3) is 22.2 Å². The summed E-state index contributed by atoms with van der Waals surface area (Å²) in [5, 5.41) is 9.61. The van der Waals surface area contributed by atoms with Crippen LogP contribution >= 0.6 is 23.2 Å². The fraction of sp³-hybridized carbons (Fsp3) is 0.120. The van der Waals surface area contributed by atoms with Gasteiger partial charge < -0.3 is 10.1 Å². The summed E-state index contributed by atoms with van der Waals surface area (Å²) < 4.78 is 28.2. The molecule has 0 atom stereocenters. The minimum Gasteiger partial charge on any atom is -0.497 e. The molecule has 0 bridgehead atoms. The lowest BCUT2D eigenvalue weighted by atomic mass is 10.0. The van der Waals surface area contributed by atoms with E-state index in [9.17, 15) is 13.2 Å². The lowest BCUT2D eigenvalue weighted by molar-refractivity contribution is 0.0955. The highest BCUT2D eigenvalue weighted by Gasteiger charge is 2.16. The first kappa shape index (κ1) is 24.9. The molecule has 3 N–H and O–H groups in total. The third kappa shape index (κ3) is 5.74. The van der Waals surface area contributed by atoms with E-state index < -0.39 is 10.0 Å². The number of pyridine rings is 1. The fourth-order valence-electron chi connectivity index (χ4n) is 3.62. The molecule has 7 nitrogen and oxygen atoms in total. The van der Waals surface area contributed by atoms with Crippen LogP contribution in [0.1, 0.15) is 15.9 Å². The van der Waals surface area contributed by atoms with Gasteiger partial charge in [-0.15, -0.1) is 0 Å². The molecule has 0 aliphatic carbocycles. The maximum atomic E-state index is 13.2. The first-order valence-electron chi connectivity index (χ1n) is 10.5. The Morgan fingerprint density at radius 2 is 1.77 bits per heavy atom. The number of benzene rings is 3. The number of nitrogens with two attached hydrogens (primary N) is 1. The Bertz CT molecular complexity index is 1520. The van der Waals surface area contributed by atoms with Gasteiger partial charge in [0.25, 0.3) is 5.91 Å². The number of amides is 1. The summed E-state index contributed by atoms with van der Waals surface area (Å²) in [5.74, 6) is 0.304. The summed E-state index contributed by atoms with van der Waals surface area (Å²) in [5.41, 5.74) is 3.07. The van der Waals surface area contributed by atoms with E-state index in [1.807, 2.05) is 0 Å². The molecule has 3 aromatic carbocycles. The SMILES string of the molecule is COc1ccc2nc(-c3ccc(Cl)cc3Cl)cc(C(=O)NCCc3ccc(S(N)(=O)=O)cc3)c2c1. The van der Waals surface area contributed by atoms with Gasteiger partial charge in [0, 0.05) is 22.5 Å². The van der Waals surface area contributed by atoms with Gasteiger partial charge in [-0.1, -0.05) is 35.3 Å². The van der Waals surface area contributed by atoms with Gasteiger partial charge in [-0.3, -0.25) is 4.79 Å². The van der Waals surface area contributed by atoms with Gasteiger partial charge in [0.05, 0.1) is 33.8 Å². The number of hydrogen-bond acceptors (Lipinski definition) is 5. The van der Waals surface area contributed by atoms with Crippen molar-refractivity contribution in [3.63, 3.8) is 0 Å². The molecule has 0 unspecified atom stereocenters. The van der Waals surface area contributed by atoms with Crippen molar-refractivity contribution in [2.24, 2.45) is 5.14 Å². The molecule has 1 aromatic heterocycles. The molecule has 4 rings (SSSR count). The number of rotatable bonds is 7. The molecule has 10 heteroatoms. The molecular formula is C25H21Cl2N3O4S. The quantitative estimate of drug-likeness (QED) is 0.355. The average Bonchev–Trinajstić information content (AvgIpc) is 2.82. The minimum absolute atomic E-state index is 0.0378. The van der Waals surface area contributed by atoms with E-state index in [-0.39, 0.29) is 10.8 Å². The predicted molar refractivity (Wildman–Crippen MR) is 138 cm³/mol. The Morgan fingerprint density at radius 1 is 1.03 bits per heavy atom. The fourth-order valence-corrected chi connectivity index (χ4v) is 4.64. The summed E-state index contributed by atoms with van der Waals surface area (Å²) in [6, 6.07) is 18.3. The van der Waals surface area contributed by atoms with Gasteiger partial charge in [0.1, 0.15) is 5.75 Å². The molecule has 1 heterocycles. The second kappa shape index (κ2) is 10.2. The van der Waals surface area contributed by atoms with Crippen molar-refractivity contribution in [1.29, 1.82) is 0 Å². The molecule has 4 aromatic rings. The van der Waals surface area contributed by atoms with Gasteiger partial charge in [-0.05, 0) is 66.6 Å². The Labute approximate surface area is 212 Å². The van der Waals surface area contributed by atoms with Crippen LogP contribution in [-0.4, -0.2) is 33.0 Å². The van der Waals surface area contributed by atoms with E-state index in [4.69, 9.17) is 33.1 Å². The average molecular weight is 530 g/mol. The molecule has 0 saturated carbocycles. The highest BCUT2D eigenvalue weighted by molar-refractivity contribution is 7.89. The van der Waals surface area contributed by atoms with E-state index in [1.54, 1.807) is 61.7 Å². The van der Waals surface area contributed by atoms with E-state index in [0.29, 0.717) is 56.5 Å². The van der Waals surface area contributed by atoms with Gasteiger partial charge >= 0.3 is 0 Å². The maximum absolute atomic E-state index is 13.2. The third-order valence-corrected chi connectivity index (χ3v) is 6.90. The Balaban J connectivity index is 1.62. The second-order valence-electron chi connectivity index (χ2n) is 7.76. The lowest BCUT2D eigenvalue weighted by Gasteiger charge is -2.13. The summed E-state index contributed by atoms with van der Waals surface area (Å²) in [4.78, 5) is 18.0. The number of methoxy groups -OCH3 is 1. The van der Waals surface area contributed by atoms with Crippen molar-refractivity contribution >= 4 is 50.0 Å². The second-order valence-corrected chi connectivity index (χ2v) is 10.2. The normalized spacial score (nSPS) is 11.4. The van der Waals surface area contributed by atoms with E-state index in [1.165, 1.54) is 12.1 Å². The Morgan fingerprint density at radius 3 is 2.43 bits per heavy atom. The van der Waals surface area contributed by atoms with Gasteiger partial charge in [0.2, 0.25) is 10.0 Å². The number of nitrogens with one attached hydrogen (secondary N) is 1. The van der Waals surface area contributed by atoms with Gasteiger partial charge in [0.15, 0.2) is 0 Å². The molecule has 0 radical (unpaired) electrons.